The van der Waals surface area contributed by atoms with E-state index >= 15 is 0 Å². The standard InChI is InChI=1S/C5H10N2O.C5H8S.H2/c8-5-7-3-1-6-2-4-7;1-2-3-4-5-6;/h5-6H,1-4H2;2-6H,1H3;1H/b;3-2-,5-4-;. The Morgan fingerprint density at radius 1 is 1.36 bits per heavy atom. The monoisotopic (exact) mass is 216 g/mol. The summed E-state index contributed by atoms with van der Waals surface area (Å²) < 4.78 is 0. The second-order valence-corrected chi connectivity index (χ2v) is 3.06. The van der Waals surface area contributed by atoms with E-state index in [2.05, 4.69) is 17.9 Å². The molecule has 1 rings (SSSR count). The molecule has 14 heavy (non-hydrogen) atoms. The SMILES string of the molecule is C/C=C\C=C/S.O=CN1CCNCC1.[HH]. The maximum absolute atomic E-state index is 10.1. The third-order valence-corrected chi connectivity index (χ3v) is 1.86. The quantitative estimate of drug-likeness (QED) is 0.414. The summed E-state index contributed by atoms with van der Waals surface area (Å²) in [4.78, 5) is 11.8. The van der Waals surface area contributed by atoms with E-state index in [-0.39, 0.29) is 1.43 Å². The van der Waals surface area contributed by atoms with Crippen LogP contribution in [0.3, 0.4) is 0 Å². The van der Waals surface area contributed by atoms with Crippen LogP contribution in [0.2, 0.25) is 0 Å². The lowest BCUT2D eigenvalue weighted by Gasteiger charge is -2.22. The number of carbonyl (C=O) groups excluding carboxylic acids is 1. The zero-order chi connectivity index (χ0) is 10.6. The normalized spacial score (nSPS) is 16.9. The van der Waals surface area contributed by atoms with Crippen LogP contribution in [0.15, 0.2) is 23.6 Å². The Labute approximate surface area is 92.8 Å². The average Bonchev–Trinajstić information content (AvgIpc) is 2.28. The molecule has 1 heterocycles. The van der Waals surface area contributed by atoms with Crippen LogP contribution in [-0.2, 0) is 4.79 Å². The van der Waals surface area contributed by atoms with Crippen LogP contribution >= 0.6 is 12.6 Å². The number of rotatable bonds is 2. The van der Waals surface area contributed by atoms with E-state index in [0.717, 1.165) is 32.6 Å². The van der Waals surface area contributed by atoms with Gasteiger partial charge >= 0.3 is 0 Å². The van der Waals surface area contributed by atoms with Gasteiger partial charge < -0.3 is 10.2 Å². The van der Waals surface area contributed by atoms with Crippen LogP contribution in [0.5, 0.6) is 0 Å². The van der Waals surface area contributed by atoms with Gasteiger partial charge in [0.05, 0.1) is 0 Å². The molecule has 0 radical (unpaired) electrons. The van der Waals surface area contributed by atoms with E-state index < -0.39 is 0 Å². The van der Waals surface area contributed by atoms with E-state index in [1.807, 2.05) is 25.2 Å². The number of allylic oxidation sites excluding steroid dienone is 3. The highest BCUT2D eigenvalue weighted by Crippen LogP contribution is 1.84. The second kappa shape index (κ2) is 10.3. The van der Waals surface area contributed by atoms with Gasteiger partial charge in [0, 0.05) is 27.6 Å². The van der Waals surface area contributed by atoms with Crippen molar-refractivity contribution in [3.05, 3.63) is 23.6 Å². The summed E-state index contributed by atoms with van der Waals surface area (Å²) in [7, 11) is 0. The minimum absolute atomic E-state index is 0. The van der Waals surface area contributed by atoms with Gasteiger partial charge in [-0.25, -0.2) is 0 Å². The van der Waals surface area contributed by atoms with Crippen molar-refractivity contribution in [3.63, 3.8) is 0 Å². The van der Waals surface area contributed by atoms with E-state index in [4.69, 9.17) is 0 Å². The summed E-state index contributed by atoms with van der Waals surface area (Å²) in [6.45, 7) is 5.58. The van der Waals surface area contributed by atoms with Crippen molar-refractivity contribution in [2.75, 3.05) is 26.2 Å². The van der Waals surface area contributed by atoms with Gasteiger partial charge in [-0.3, -0.25) is 4.79 Å². The van der Waals surface area contributed by atoms with E-state index in [0.29, 0.717) is 0 Å². The van der Waals surface area contributed by atoms with E-state index in [1.165, 1.54) is 0 Å². The molecule has 1 aliphatic rings. The van der Waals surface area contributed by atoms with Crippen molar-refractivity contribution in [1.82, 2.24) is 10.2 Å². The molecule has 1 amide bonds. The highest BCUT2D eigenvalue weighted by atomic mass is 32.1. The van der Waals surface area contributed by atoms with Crippen LogP contribution in [0.4, 0.5) is 0 Å². The van der Waals surface area contributed by atoms with Crippen molar-refractivity contribution in [1.29, 1.82) is 0 Å². The topological polar surface area (TPSA) is 32.3 Å². The van der Waals surface area contributed by atoms with Crippen LogP contribution < -0.4 is 5.32 Å². The van der Waals surface area contributed by atoms with Crippen molar-refractivity contribution >= 4 is 19.0 Å². The van der Waals surface area contributed by atoms with Gasteiger partial charge in [0.25, 0.3) is 0 Å². The molecule has 1 aliphatic heterocycles. The fourth-order valence-corrected chi connectivity index (χ4v) is 1.05. The minimum Gasteiger partial charge on any atom is -0.343 e. The number of piperazine rings is 1. The number of nitrogens with one attached hydrogen (secondary N) is 1. The molecular weight excluding hydrogens is 196 g/mol. The van der Waals surface area contributed by atoms with Crippen LogP contribution in [0, 0.1) is 0 Å². The first kappa shape index (κ1) is 13.3. The highest BCUT2D eigenvalue weighted by molar-refractivity contribution is 7.83. The first-order chi connectivity index (χ1) is 6.85. The molecule has 0 aromatic heterocycles. The summed E-state index contributed by atoms with van der Waals surface area (Å²) in [5.74, 6) is 0. The second-order valence-electron chi connectivity index (χ2n) is 2.76. The van der Waals surface area contributed by atoms with Gasteiger partial charge in [-0.15, -0.1) is 0 Å². The van der Waals surface area contributed by atoms with Crippen molar-refractivity contribution in [3.8, 4) is 0 Å². The molecule has 1 fully saturated rings. The maximum atomic E-state index is 10.1. The number of thiol groups is 1. The third-order valence-electron chi connectivity index (χ3n) is 1.69. The average molecular weight is 216 g/mol. The molecular formula is C10H20N2OS. The Morgan fingerprint density at radius 2 is 2.00 bits per heavy atom. The van der Waals surface area contributed by atoms with Gasteiger partial charge in [0.1, 0.15) is 0 Å². The molecule has 0 spiro atoms. The highest BCUT2D eigenvalue weighted by Gasteiger charge is 2.04. The van der Waals surface area contributed by atoms with Gasteiger partial charge in [-0.05, 0) is 12.3 Å². The van der Waals surface area contributed by atoms with Crippen molar-refractivity contribution in [2.45, 2.75) is 6.92 Å². The Kier molecular flexibility index (Phi) is 9.79. The third kappa shape index (κ3) is 7.89. The first-order valence-corrected chi connectivity index (χ1v) is 5.19. The lowest BCUT2D eigenvalue weighted by molar-refractivity contribution is -0.118. The number of hydrogen-bond donors (Lipinski definition) is 2. The lowest BCUT2D eigenvalue weighted by Crippen LogP contribution is -2.42. The van der Waals surface area contributed by atoms with Crippen molar-refractivity contribution in [2.24, 2.45) is 0 Å². The Hall–Kier alpha value is -0.740. The zero-order valence-corrected chi connectivity index (χ0v) is 9.41. The molecule has 3 nitrogen and oxygen atoms in total. The van der Waals surface area contributed by atoms with E-state index in [9.17, 15) is 4.79 Å². The summed E-state index contributed by atoms with van der Waals surface area (Å²) in [6, 6.07) is 0. The molecule has 0 aromatic carbocycles. The molecule has 0 unspecified atom stereocenters. The summed E-state index contributed by atoms with van der Waals surface area (Å²) in [5, 5.41) is 4.84. The number of amides is 1. The first-order valence-electron chi connectivity index (χ1n) is 4.67. The fraction of sp³-hybridized carbons (Fsp3) is 0.500. The predicted molar refractivity (Wildman–Crippen MR) is 65.6 cm³/mol. The summed E-state index contributed by atoms with van der Waals surface area (Å²) in [5.41, 5.74) is 0. The maximum Gasteiger partial charge on any atom is 0.209 e. The molecule has 0 bridgehead atoms. The van der Waals surface area contributed by atoms with Crippen LogP contribution in [-0.4, -0.2) is 37.5 Å². The van der Waals surface area contributed by atoms with Gasteiger partial charge in [-0.2, -0.15) is 12.6 Å². The van der Waals surface area contributed by atoms with Gasteiger partial charge in [0.2, 0.25) is 6.41 Å². The predicted octanol–water partition coefficient (Wildman–Crippen LogP) is 1.30. The molecule has 1 N–H and O–H groups in total. The number of nitrogens with zero attached hydrogens (tertiary/aromatic N) is 1. The Bertz CT molecular complexity index is 182. The molecule has 0 atom stereocenters. The minimum atomic E-state index is 0. The number of carbonyl (C=O) groups is 1. The van der Waals surface area contributed by atoms with Gasteiger partial charge in [-0.1, -0.05) is 18.2 Å². The van der Waals surface area contributed by atoms with Crippen molar-refractivity contribution < 1.29 is 6.22 Å². The molecule has 0 aliphatic carbocycles. The largest absolute Gasteiger partial charge is 0.343 e. The van der Waals surface area contributed by atoms with Gasteiger partial charge in [0.15, 0.2) is 0 Å². The van der Waals surface area contributed by atoms with Crippen LogP contribution in [0.25, 0.3) is 0 Å². The molecule has 0 saturated carbocycles. The molecule has 0 aromatic rings. The van der Waals surface area contributed by atoms with Crippen LogP contribution in [0.1, 0.15) is 8.35 Å². The number of hydrogen-bond acceptors (Lipinski definition) is 3. The molecule has 4 heteroatoms. The lowest BCUT2D eigenvalue weighted by atomic mass is 10.4. The Balaban J connectivity index is 0. The summed E-state index contributed by atoms with van der Waals surface area (Å²) >= 11 is 3.82. The fourth-order valence-electron chi connectivity index (χ4n) is 0.948. The smallest absolute Gasteiger partial charge is 0.209 e. The Morgan fingerprint density at radius 3 is 2.29 bits per heavy atom. The zero-order valence-electron chi connectivity index (χ0n) is 8.52. The molecule has 82 valence electrons. The molecule has 1 saturated heterocycles. The summed E-state index contributed by atoms with van der Waals surface area (Å²) in [6.07, 6.45) is 6.64. The van der Waals surface area contributed by atoms with E-state index in [1.54, 1.807) is 10.3 Å².